The van der Waals surface area contributed by atoms with E-state index in [1.54, 1.807) is 0 Å². The quantitative estimate of drug-likeness (QED) is 0.343. The van der Waals surface area contributed by atoms with E-state index >= 15 is 0 Å². The Hall–Kier alpha value is -1.62. The van der Waals surface area contributed by atoms with Crippen LogP contribution in [0.3, 0.4) is 0 Å². The van der Waals surface area contributed by atoms with Gasteiger partial charge in [-0.2, -0.15) is 0 Å². The zero-order valence-electron chi connectivity index (χ0n) is 12.7. The summed E-state index contributed by atoms with van der Waals surface area (Å²) in [7, 11) is 0. The molecule has 1 aromatic carbocycles. The number of benzene rings is 1. The van der Waals surface area contributed by atoms with Gasteiger partial charge in [0.15, 0.2) is 17.5 Å². The predicted octanol–water partition coefficient (Wildman–Crippen LogP) is 2.15. The third-order valence-electron chi connectivity index (χ3n) is 2.93. The molecular formula is C16H22IN3O2. The van der Waals surface area contributed by atoms with Crippen LogP contribution < -0.4 is 20.1 Å². The zero-order chi connectivity index (χ0) is 14.9. The predicted molar refractivity (Wildman–Crippen MR) is 99.1 cm³/mol. The fraction of sp³-hybridized carbons (Fsp3) is 0.438. The van der Waals surface area contributed by atoms with Crippen molar-refractivity contribution in [1.82, 2.24) is 10.6 Å². The van der Waals surface area contributed by atoms with E-state index < -0.39 is 0 Å². The second-order valence-electron chi connectivity index (χ2n) is 4.58. The van der Waals surface area contributed by atoms with Gasteiger partial charge >= 0.3 is 0 Å². The molecule has 0 fully saturated rings. The maximum Gasteiger partial charge on any atom is 0.192 e. The number of hydrogen-bond acceptors (Lipinski definition) is 3. The molecule has 0 spiro atoms. The van der Waals surface area contributed by atoms with Crippen molar-refractivity contribution in [2.24, 2.45) is 4.99 Å². The summed E-state index contributed by atoms with van der Waals surface area (Å²) in [4.78, 5) is 4.50. The summed E-state index contributed by atoms with van der Waals surface area (Å²) in [6.07, 6.45) is 6.15. The molecule has 1 aliphatic rings. The molecule has 6 heteroatoms. The first-order chi connectivity index (χ1) is 10.3. The summed E-state index contributed by atoms with van der Waals surface area (Å²) in [5.74, 6) is 4.84. The molecule has 0 saturated carbocycles. The number of rotatable bonds is 4. The van der Waals surface area contributed by atoms with Gasteiger partial charge in [0.1, 0.15) is 0 Å². The van der Waals surface area contributed by atoms with Gasteiger partial charge in [-0.25, -0.2) is 4.99 Å². The van der Waals surface area contributed by atoms with Gasteiger partial charge in [0.25, 0.3) is 0 Å². The fourth-order valence-electron chi connectivity index (χ4n) is 1.95. The van der Waals surface area contributed by atoms with Crippen LogP contribution >= 0.6 is 24.0 Å². The highest BCUT2D eigenvalue weighted by atomic mass is 127. The van der Waals surface area contributed by atoms with Gasteiger partial charge in [0.05, 0.1) is 26.3 Å². The number of guanidine groups is 1. The Kier molecular flexibility index (Phi) is 8.51. The van der Waals surface area contributed by atoms with Gasteiger partial charge in [-0.05, 0) is 24.6 Å². The Morgan fingerprint density at radius 3 is 2.77 bits per heavy atom. The molecule has 0 atom stereocenters. The SMILES string of the molecule is C#CCNC(=NCc1ccc2c(c1)OCCCO2)NCC.I. The Morgan fingerprint density at radius 2 is 2.05 bits per heavy atom. The zero-order valence-corrected chi connectivity index (χ0v) is 15.1. The lowest BCUT2D eigenvalue weighted by molar-refractivity contribution is 0.297. The van der Waals surface area contributed by atoms with Gasteiger partial charge in [0, 0.05) is 13.0 Å². The highest BCUT2D eigenvalue weighted by Gasteiger charge is 2.10. The van der Waals surface area contributed by atoms with Crippen molar-refractivity contribution in [2.45, 2.75) is 19.9 Å². The highest BCUT2D eigenvalue weighted by molar-refractivity contribution is 14.0. The number of hydrogen-bond donors (Lipinski definition) is 2. The molecule has 0 aliphatic carbocycles. The van der Waals surface area contributed by atoms with Gasteiger partial charge in [-0.1, -0.05) is 12.0 Å². The number of aliphatic imine (C=N–C) groups is 1. The smallest absolute Gasteiger partial charge is 0.192 e. The van der Waals surface area contributed by atoms with E-state index in [2.05, 4.69) is 21.5 Å². The minimum atomic E-state index is 0. The number of ether oxygens (including phenoxy) is 2. The van der Waals surface area contributed by atoms with E-state index in [1.165, 1.54) is 0 Å². The lowest BCUT2D eigenvalue weighted by Gasteiger charge is -2.10. The summed E-state index contributed by atoms with van der Waals surface area (Å²) >= 11 is 0. The van der Waals surface area contributed by atoms with E-state index in [0.29, 0.717) is 32.3 Å². The van der Waals surface area contributed by atoms with E-state index in [1.807, 2.05) is 25.1 Å². The maximum absolute atomic E-state index is 5.68. The van der Waals surface area contributed by atoms with Gasteiger partial charge < -0.3 is 20.1 Å². The molecule has 0 bridgehead atoms. The van der Waals surface area contributed by atoms with Crippen molar-refractivity contribution in [2.75, 3.05) is 26.3 Å². The summed E-state index contributed by atoms with van der Waals surface area (Å²) in [5.41, 5.74) is 1.07. The van der Waals surface area contributed by atoms with Crippen LogP contribution in [0.1, 0.15) is 18.9 Å². The van der Waals surface area contributed by atoms with Crippen molar-refractivity contribution < 1.29 is 9.47 Å². The number of halogens is 1. The maximum atomic E-state index is 5.68. The summed E-state index contributed by atoms with van der Waals surface area (Å²) in [6, 6.07) is 5.92. The van der Waals surface area contributed by atoms with Crippen molar-refractivity contribution in [1.29, 1.82) is 0 Å². The molecule has 120 valence electrons. The molecule has 1 heterocycles. The first-order valence-corrected chi connectivity index (χ1v) is 7.17. The number of nitrogens with zero attached hydrogens (tertiary/aromatic N) is 1. The molecule has 0 radical (unpaired) electrons. The molecule has 1 aromatic rings. The largest absolute Gasteiger partial charge is 0.490 e. The lowest BCUT2D eigenvalue weighted by Crippen LogP contribution is -2.37. The number of fused-ring (bicyclic) bond motifs is 1. The fourth-order valence-corrected chi connectivity index (χ4v) is 1.95. The Balaban J connectivity index is 0.00000242. The molecule has 2 N–H and O–H groups in total. The minimum Gasteiger partial charge on any atom is -0.490 e. The topological polar surface area (TPSA) is 54.9 Å². The van der Waals surface area contributed by atoms with Crippen molar-refractivity contribution in [3.05, 3.63) is 23.8 Å². The second-order valence-corrected chi connectivity index (χ2v) is 4.58. The van der Waals surface area contributed by atoms with Crippen LogP contribution in [-0.4, -0.2) is 32.3 Å². The van der Waals surface area contributed by atoms with Crippen LogP contribution in [-0.2, 0) is 6.54 Å². The molecule has 1 aliphatic heterocycles. The Bertz CT molecular complexity index is 541. The molecule has 0 unspecified atom stereocenters. The highest BCUT2D eigenvalue weighted by Crippen LogP contribution is 2.30. The first-order valence-electron chi connectivity index (χ1n) is 7.17. The van der Waals surface area contributed by atoms with Gasteiger partial charge in [-0.15, -0.1) is 30.4 Å². The van der Waals surface area contributed by atoms with Crippen LogP contribution in [0.2, 0.25) is 0 Å². The molecule has 2 rings (SSSR count). The number of terminal acetylenes is 1. The molecule has 5 nitrogen and oxygen atoms in total. The molecule has 0 saturated heterocycles. The summed E-state index contributed by atoms with van der Waals surface area (Å²) in [6.45, 7) is 5.19. The summed E-state index contributed by atoms with van der Waals surface area (Å²) < 4.78 is 11.3. The molecular weight excluding hydrogens is 393 g/mol. The average Bonchev–Trinajstić information content (AvgIpc) is 2.74. The van der Waals surface area contributed by atoms with Crippen molar-refractivity contribution in [3.63, 3.8) is 0 Å². The first kappa shape index (κ1) is 18.4. The summed E-state index contributed by atoms with van der Waals surface area (Å²) in [5, 5.41) is 6.21. The van der Waals surface area contributed by atoms with Crippen molar-refractivity contribution in [3.8, 4) is 23.8 Å². The third kappa shape index (κ3) is 5.64. The molecule has 0 amide bonds. The van der Waals surface area contributed by atoms with E-state index in [9.17, 15) is 0 Å². The monoisotopic (exact) mass is 415 g/mol. The van der Waals surface area contributed by atoms with Crippen LogP contribution in [0.4, 0.5) is 0 Å². The van der Waals surface area contributed by atoms with E-state index in [-0.39, 0.29) is 24.0 Å². The van der Waals surface area contributed by atoms with Crippen LogP contribution in [0.5, 0.6) is 11.5 Å². The van der Waals surface area contributed by atoms with Gasteiger partial charge in [-0.3, -0.25) is 0 Å². The minimum absolute atomic E-state index is 0. The average molecular weight is 415 g/mol. The van der Waals surface area contributed by atoms with Gasteiger partial charge in [0.2, 0.25) is 0 Å². The standard InChI is InChI=1S/C16H21N3O2.HI/c1-3-8-18-16(17-4-2)19-12-13-6-7-14-15(11-13)21-10-5-9-20-14;/h1,6-7,11H,4-5,8-10,12H2,2H3,(H2,17,18,19);1H. The molecule has 0 aromatic heterocycles. The van der Waals surface area contributed by atoms with E-state index in [0.717, 1.165) is 30.0 Å². The lowest BCUT2D eigenvalue weighted by atomic mass is 10.2. The van der Waals surface area contributed by atoms with Crippen LogP contribution in [0.15, 0.2) is 23.2 Å². The Labute approximate surface area is 148 Å². The Morgan fingerprint density at radius 1 is 1.27 bits per heavy atom. The van der Waals surface area contributed by atoms with E-state index in [4.69, 9.17) is 15.9 Å². The third-order valence-corrected chi connectivity index (χ3v) is 2.93. The van der Waals surface area contributed by atoms with Crippen LogP contribution in [0.25, 0.3) is 0 Å². The van der Waals surface area contributed by atoms with Crippen LogP contribution in [0, 0.1) is 12.3 Å². The number of nitrogens with one attached hydrogen (secondary N) is 2. The van der Waals surface area contributed by atoms with Crippen molar-refractivity contribution >= 4 is 29.9 Å². The normalized spacial score (nSPS) is 13.4. The second kappa shape index (κ2) is 10.2. The molecule has 22 heavy (non-hydrogen) atoms.